The fourth-order valence-corrected chi connectivity index (χ4v) is 4.97. The maximum atomic E-state index is 5.72. The average Bonchev–Trinajstić information content (AvgIpc) is 3.23. The van der Waals surface area contributed by atoms with E-state index in [-0.39, 0.29) is 24.0 Å². The van der Waals surface area contributed by atoms with Gasteiger partial charge in [-0.05, 0) is 56.4 Å². The van der Waals surface area contributed by atoms with Crippen molar-refractivity contribution in [3.63, 3.8) is 0 Å². The van der Waals surface area contributed by atoms with E-state index < -0.39 is 0 Å². The first-order valence-corrected chi connectivity index (χ1v) is 10.1. The number of hydrogen-bond donors (Lipinski definition) is 1. The Morgan fingerprint density at radius 1 is 1.16 bits per heavy atom. The van der Waals surface area contributed by atoms with Gasteiger partial charge < -0.3 is 15.0 Å². The Morgan fingerprint density at radius 2 is 2.04 bits per heavy atom. The summed E-state index contributed by atoms with van der Waals surface area (Å²) < 4.78 is 5.72. The summed E-state index contributed by atoms with van der Waals surface area (Å²) in [7, 11) is 1.92. The summed E-state index contributed by atoms with van der Waals surface area (Å²) in [4.78, 5) is 9.81. The summed E-state index contributed by atoms with van der Waals surface area (Å²) in [5.74, 6) is 3.70. The summed E-state index contributed by atoms with van der Waals surface area (Å²) in [6, 6.07) is 0.850. The van der Waals surface area contributed by atoms with E-state index in [1.165, 1.54) is 58.3 Å². The molecule has 144 valence electrons. The molecule has 1 saturated carbocycles. The smallest absolute Gasteiger partial charge is 0.193 e. The van der Waals surface area contributed by atoms with Crippen LogP contribution in [0.25, 0.3) is 0 Å². The van der Waals surface area contributed by atoms with Gasteiger partial charge in [0.15, 0.2) is 5.96 Å². The fraction of sp³-hybridized carbons (Fsp3) is 0.947. The topological polar surface area (TPSA) is 40.1 Å². The van der Waals surface area contributed by atoms with E-state index in [1.54, 1.807) is 0 Å². The first-order chi connectivity index (χ1) is 11.8. The van der Waals surface area contributed by atoms with Gasteiger partial charge in [0.1, 0.15) is 0 Å². The molecule has 0 spiro atoms. The predicted octanol–water partition coefficient (Wildman–Crippen LogP) is 2.41. The van der Waals surface area contributed by atoms with Crippen molar-refractivity contribution in [2.75, 3.05) is 53.0 Å². The highest BCUT2D eigenvalue weighted by Gasteiger charge is 2.47. The first kappa shape index (κ1) is 19.7. The quantitative estimate of drug-likeness (QED) is 0.285. The molecule has 3 saturated heterocycles. The lowest BCUT2D eigenvalue weighted by Gasteiger charge is -2.33. The molecule has 5 nitrogen and oxygen atoms in total. The van der Waals surface area contributed by atoms with E-state index in [4.69, 9.17) is 4.74 Å². The number of nitrogens with one attached hydrogen (secondary N) is 1. The zero-order chi connectivity index (χ0) is 16.4. The first-order valence-electron chi connectivity index (χ1n) is 10.1. The second-order valence-electron chi connectivity index (χ2n) is 8.23. The lowest BCUT2D eigenvalue weighted by Crippen LogP contribution is -2.44. The maximum Gasteiger partial charge on any atom is 0.193 e. The van der Waals surface area contributed by atoms with Gasteiger partial charge in [-0.2, -0.15) is 0 Å². The van der Waals surface area contributed by atoms with Gasteiger partial charge >= 0.3 is 0 Å². The number of guanidine groups is 1. The third-order valence-electron chi connectivity index (χ3n) is 6.43. The van der Waals surface area contributed by atoms with E-state index >= 15 is 0 Å². The third-order valence-corrected chi connectivity index (χ3v) is 6.43. The molecule has 0 amide bonds. The molecule has 3 aliphatic heterocycles. The highest BCUT2D eigenvalue weighted by atomic mass is 127. The van der Waals surface area contributed by atoms with Crippen LogP contribution in [0.3, 0.4) is 0 Å². The lowest BCUT2D eigenvalue weighted by molar-refractivity contribution is 0.122. The number of piperidine rings is 1. The van der Waals surface area contributed by atoms with E-state index in [9.17, 15) is 0 Å². The number of aliphatic imine (C=N–C) groups is 1. The molecule has 1 N–H and O–H groups in total. The van der Waals surface area contributed by atoms with Gasteiger partial charge in [0, 0.05) is 52.5 Å². The standard InChI is InChI=1S/C19H34N4O.HI/c1-20-19(21-8-4-10-24-14-15-6-7-15)23-12-16-11-22-9-3-2-5-18(22)17(16)13-23;/h15-18H,2-14H2,1H3,(H,20,21);1H. The number of rotatable bonds is 6. The summed E-state index contributed by atoms with van der Waals surface area (Å²) in [5, 5.41) is 3.56. The van der Waals surface area contributed by atoms with Gasteiger partial charge in [-0.25, -0.2) is 0 Å². The summed E-state index contributed by atoms with van der Waals surface area (Å²) in [5.41, 5.74) is 0. The normalized spacial score (nSPS) is 32.3. The van der Waals surface area contributed by atoms with Crippen molar-refractivity contribution in [1.29, 1.82) is 0 Å². The number of fused-ring (bicyclic) bond motifs is 3. The van der Waals surface area contributed by atoms with Crippen LogP contribution in [0.15, 0.2) is 4.99 Å². The highest BCUT2D eigenvalue weighted by molar-refractivity contribution is 14.0. The van der Waals surface area contributed by atoms with Crippen molar-refractivity contribution in [2.45, 2.75) is 44.6 Å². The van der Waals surface area contributed by atoms with E-state index in [0.29, 0.717) is 0 Å². The molecule has 4 rings (SSSR count). The average molecular weight is 462 g/mol. The second kappa shape index (κ2) is 9.22. The number of ether oxygens (including phenoxy) is 1. The van der Waals surface area contributed by atoms with Gasteiger partial charge in [0.05, 0.1) is 0 Å². The molecular weight excluding hydrogens is 427 g/mol. The number of hydrogen-bond acceptors (Lipinski definition) is 3. The second-order valence-corrected chi connectivity index (χ2v) is 8.23. The van der Waals surface area contributed by atoms with Crippen molar-refractivity contribution in [1.82, 2.24) is 15.1 Å². The molecule has 1 aliphatic carbocycles. The molecule has 25 heavy (non-hydrogen) atoms. The Labute approximate surface area is 170 Å². The summed E-state index contributed by atoms with van der Waals surface area (Å²) in [6.07, 6.45) is 8.08. The van der Waals surface area contributed by atoms with Crippen LogP contribution in [0.4, 0.5) is 0 Å². The molecule has 0 aromatic rings. The van der Waals surface area contributed by atoms with Crippen LogP contribution < -0.4 is 5.32 Å². The Kier molecular flexibility index (Phi) is 7.26. The zero-order valence-electron chi connectivity index (χ0n) is 15.7. The van der Waals surface area contributed by atoms with Crippen LogP contribution >= 0.6 is 24.0 Å². The van der Waals surface area contributed by atoms with Crippen molar-refractivity contribution in [3.05, 3.63) is 0 Å². The Bertz CT molecular complexity index is 457. The summed E-state index contributed by atoms with van der Waals surface area (Å²) in [6.45, 7) is 7.87. The predicted molar refractivity (Wildman–Crippen MR) is 113 cm³/mol. The third kappa shape index (κ3) is 4.80. The van der Waals surface area contributed by atoms with E-state index in [1.807, 2.05) is 7.05 Å². The minimum absolute atomic E-state index is 0. The maximum absolute atomic E-state index is 5.72. The molecule has 0 aromatic heterocycles. The monoisotopic (exact) mass is 462 g/mol. The molecule has 0 aromatic carbocycles. The summed E-state index contributed by atoms with van der Waals surface area (Å²) >= 11 is 0. The van der Waals surface area contributed by atoms with E-state index in [0.717, 1.165) is 55.9 Å². The van der Waals surface area contributed by atoms with Gasteiger partial charge in [0.2, 0.25) is 0 Å². The molecule has 3 heterocycles. The number of halogens is 1. The Hall–Kier alpha value is -0.0800. The molecule has 3 atom stereocenters. The fourth-order valence-electron chi connectivity index (χ4n) is 4.97. The molecule has 0 bridgehead atoms. The molecule has 6 heteroatoms. The van der Waals surface area contributed by atoms with Crippen LogP contribution in [0.1, 0.15) is 38.5 Å². The van der Waals surface area contributed by atoms with Crippen molar-refractivity contribution in [2.24, 2.45) is 22.7 Å². The largest absolute Gasteiger partial charge is 0.381 e. The number of nitrogens with zero attached hydrogens (tertiary/aromatic N) is 3. The number of likely N-dealkylation sites (tertiary alicyclic amines) is 1. The molecule has 3 unspecified atom stereocenters. The minimum atomic E-state index is 0. The Morgan fingerprint density at radius 3 is 2.84 bits per heavy atom. The van der Waals surface area contributed by atoms with Crippen LogP contribution in [0.2, 0.25) is 0 Å². The van der Waals surface area contributed by atoms with Crippen LogP contribution in [0, 0.1) is 17.8 Å². The van der Waals surface area contributed by atoms with E-state index in [2.05, 4.69) is 20.1 Å². The van der Waals surface area contributed by atoms with Crippen LogP contribution in [0.5, 0.6) is 0 Å². The molecule has 4 fully saturated rings. The van der Waals surface area contributed by atoms with Crippen molar-refractivity contribution >= 4 is 29.9 Å². The minimum Gasteiger partial charge on any atom is -0.381 e. The molecule has 0 radical (unpaired) electrons. The van der Waals surface area contributed by atoms with Crippen LogP contribution in [-0.4, -0.2) is 74.8 Å². The van der Waals surface area contributed by atoms with Gasteiger partial charge in [-0.1, -0.05) is 6.42 Å². The molecular formula is C19H35IN4O. The SMILES string of the molecule is CN=C(NCCCOCC1CC1)N1CC2CN3CCCCC3C2C1.I. The van der Waals surface area contributed by atoms with Crippen LogP contribution in [-0.2, 0) is 4.74 Å². The molecule has 4 aliphatic rings. The lowest BCUT2D eigenvalue weighted by atomic mass is 9.90. The van der Waals surface area contributed by atoms with Gasteiger partial charge in [-0.3, -0.25) is 9.89 Å². The highest BCUT2D eigenvalue weighted by Crippen LogP contribution is 2.40. The van der Waals surface area contributed by atoms with Gasteiger partial charge in [-0.15, -0.1) is 24.0 Å². The Balaban J connectivity index is 0.00000182. The van der Waals surface area contributed by atoms with Crippen molar-refractivity contribution < 1.29 is 4.74 Å². The van der Waals surface area contributed by atoms with Crippen molar-refractivity contribution in [3.8, 4) is 0 Å². The zero-order valence-corrected chi connectivity index (χ0v) is 18.0. The van der Waals surface area contributed by atoms with Gasteiger partial charge in [0.25, 0.3) is 0 Å².